The molecule has 1 heterocycles. The normalized spacial score (nSPS) is 10.8. The van der Waals surface area contributed by atoms with Gasteiger partial charge in [-0.15, -0.1) is 0 Å². The van der Waals surface area contributed by atoms with Crippen molar-refractivity contribution in [1.29, 1.82) is 0 Å². The summed E-state index contributed by atoms with van der Waals surface area (Å²) in [4.78, 5) is 11.7. The Labute approximate surface area is 136 Å². The molecule has 110 valence electrons. The molecule has 1 amide bonds. The average Bonchev–Trinajstić information content (AvgIpc) is 2.83. The number of nitrogens with zero attached hydrogens (tertiary/aromatic N) is 1. The molecule has 0 atom stereocenters. The monoisotopic (exact) mass is 397 g/mol. The maximum Gasteiger partial charge on any atom is 0.259 e. The lowest BCUT2D eigenvalue weighted by atomic mass is 10.2. The molecule has 6 heteroatoms. The molecule has 0 unspecified atom stereocenters. The van der Waals surface area contributed by atoms with Gasteiger partial charge in [-0.1, -0.05) is 0 Å². The first-order valence-corrected chi connectivity index (χ1v) is 7.50. The highest BCUT2D eigenvalue weighted by atomic mass is 127. The number of furan rings is 1. The fraction of sp³-hybridized carbons (Fsp3) is 0.200. The Hall–Kier alpha value is -1.83. The van der Waals surface area contributed by atoms with Crippen LogP contribution in [0, 0.1) is 17.4 Å². The van der Waals surface area contributed by atoms with Gasteiger partial charge in [-0.3, -0.25) is 4.79 Å². The number of hydrazone groups is 1. The summed E-state index contributed by atoms with van der Waals surface area (Å²) in [5.41, 5.74) is 5.47. The van der Waals surface area contributed by atoms with Crippen LogP contribution >= 0.6 is 22.6 Å². The van der Waals surface area contributed by atoms with E-state index in [9.17, 15) is 4.79 Å². The van der Waals surface area contributed by atoms with Gasteiger partial charge in [0.1, 0.15) is 5.76 Å². The predicted molar refractivity (Wildman–Crippen MR) is 91.6 cm³/mol. The van der Waals surface area contributed by atoms with Crippen molar-refractivity contribution in [3.8, 4) is 0 Å². The highest BCUT2D eigenvalue weighted by molar-refractivity contribution is 14.1. The summed E-state index contributed by atoms with van der Waals surface area (Å²) in [6.45, 7) is 4.07. The van der Waals surface area contributed by atoms with Crippen LogP contribution in [-0.4, -0.2) is 18.7 Å². The van der Waals surface area contributed by atoms with E-state index in [1.165, 1.54) is 9.78 Å². The van der Waals surface area contributed by atoms with E-state index in [1.54, 1.807) is 6.26 Å². The zero-order valence-electron chi connectivity index (χ0n) is 11.8. The molecule has 0 spiro atoms. The second-order valence-electron chi connectivity index (χ2n) is 4.57. The first kappa shape index (κ1) is 15.6. The predicted octanol–water partition coefficient (Wildman–Crippen LogP) is 3.06. The van der Waals surface area contributed by atoms with E-state index in [1.807, 2.05) is 32.0 Å². The van der Waals surface area contributed by atoms with Gasteiger partial charge in [-0.25, -0.2) is 5.43 Å². The largest absolute Gasteiger partial charge is 0.463 e. The van der Waals surface area contributed by atoms with Crippen molar-refractivity contribution in [1.82, 2.24) is 5.43 Å². The van der Waals surface area contributed by atoms with Gasteiger partial charge in [0.25, 0.3) is 5.91 Å². The van der Waals surface area contributed by atoms with E-state index < -0.39 is 0 Å². The highest BCUT2D eigenvalue weighted by Gasteiger charge is 2.03. The van der Waals surface area contributed by atoms with Gasteiger partial charge in [0.15, 0.2) is 0 Å². The molecule has 2 aromatic rings. The number of rotatable bonds is 5. The SMILES string of the molecule is Cc1cc(I)ccc1NCC(=O)N/N=C/c1occc1C. The molecule has 0 bridgehead atoms. The van der Waals surface area contributed by atoms with E-state index in [0.29, 0.717) is 5.76 Å². The lowest BCUT2D eigenvalue weighted by molar-refractivity contribution is -0.119. The molecule has 0 aliphatic heterocycles. The number of carbonyl (C=O) groups is 1. The molecule has 0 saturated carbocycles. The summed E-state index contributed by atoms with van der Waals surface area (Å²) in [6, 6.07) is 7.84. The lowest BCUT2D eigenvalue weighted by Crippen LogP contribution is -2.26. The second-order valence-corrected chi connectivity index (χ2v) is 5.82. The first-order valence-electron chi connectivity index (χ1n) is 6.42. The molecule has 2 N–H and O–H groups in total. The van der Waals surface area contributed by atoms with Crippen LogP contribution in [0.4, 0.5) is 5.69 Å². The maximum atomic E-state index is 11.7. The standard InChI is InChI=1S/C15H16IN3O2/c1-10-5-6-21-14(10)8-18-19-15(20)9-17-13-4-3-12(16)7-11(13)2/h3-8,17H,9H2,1-2H3,(H,19,20)/b18-8+. The summed E-state index contributed by atoms with van der Waals surface area (Å²) in [6.07, 6.45) is 3.07. The van der Waals surface area contributed by atoms with Crippen LogP contribution in [0.2, 0.25) is 0 Å². The Bertz CT molecular complexity index is 665. The molecule has 0 saturated heterocycles. The van der Waals surface area contributed by atoms with Gasteiger partial charge in [0.05, 0.1) is 19.0 Å². The topological polar surface area (TPSA) is 66.6 Å². The molecular formula is C15H16IN3O2. The molecule has 0 aliphatic carbocycles. The van der Waals surface area contributed by atoms with Crippen molar-refractivity contribution in [2.24, 2.45) is 5.10 Å². The number of benzene rings is 1. The molecule has 2 rings (SSSR count). The maximum absolute atomic E-state index is 11.7. The summed E-state index contributed by atoms with van der Waals surface area (Å²) in [5, 5.41) is 6.95. The van der Waals surface area contributed by atoms with Crippen molar-refractivity contribution in [2.75, 3.05) is 11.9 Å². The Morgan fingerprint density at radius 3 is 2.81 bits per heavy atom. The quantitative estimate of drug-likeness (QED) is 0.463. The zero-order chi connectivity index (χ0) is 15.2. The van der Waals surface area contributed by atoms with Crippen molar-refractivity contribution in [3.63, 3.8) is 0 Å². The Morgan fingerprint density at radius 1 is 1.33 bits per heavy atom. The highest BCUT2D eigenvalue weighted by Crippen LogP contribution is 2.17. The number of amides is 1. The Balaban J connectivity index is 1.82. The number of hydrogen-bond acceptors (Lipinski definition) is 4. The summed E-state index contributed by atoms with van der Waals surface area (Å²) in [5.74, 6) is 0.421. The van der Waals surface area contributed by atoms with Gasteiger partial charge in [0, 0.05) is 9.26 Å². The van der Waals surface area contributed by atoms with Crippen molar-refractivity contribution in [2.45, 2.75) is 13.8 Å². The summed E-state index contributed by atoms with van der Waals surface area (Å²) < 4.78 is 6.35. The van der Waals surface area contributed by atoms with Crippen LogP contribution in [-0.2, 0) is 4.79 Å². The smallest absolute Gasteiger partial charge is 0.259 e. The molecule has 0 fully saturated rings. The van der Waals surface area contributed by atoms with Crippen LogP contribution in [0.25, 0.3) is 0 Å². The molecule has 5 nitrogen and oxygen atoms in total. The minimum absolute atomic E-state index is 0.163. The number of carbonyl (C=O) groups excluding carboxylic acids is 1. The van der Waals surface area contributed by atoms with E-state index in [2.05, 4.69) is 44.5 Å². The average molecular weight is 397 g/mol. The molecule has 1 aromatic heterocycles. The summed E-state index contributed by atoms with van der Waals surface area (Å²) in [7, 11) is 0. The minimum atomic E-state index is -0.214. The Morgan fingerprint density at radius 2 is 2.14 bits per heavy atom. The fourth-order valence-electron chi connectivity index (χ4n) is 1.72. The molecule has 0 radical (unpaired) electrons. The number of hydrogen-bond donors (Lipinski definition) is 2. The van der Waals surface area contributed by atoms with Gasteiger partial charge >= 0.3 is 0 Å². The van der Waals surface area contributed by atoms with Crippen LogP contribution in [0.1, 0.15) is 16.9 Å². The first-order chi connectivity index (χ1) is 10.1. The van der Waals surface area contributed by atoms with Gasteiger partial charge in [-0.2, -0.15) is 5.10 Å². The van der Waals surface area contributed by atoms with Crippen LogP contribution in [0.5, 0.6) is 0 Å². The molecule has 1 aromatic carbocycles. The van der Waals surface area contributed by atoms with E-state index in [0.717, 1.165) is 16.8 Å². The fourth-order valence-corrected chi connectivity index (χ4v) is 2.37. The van der Waals surface area contributed by atoms with Gasteiger partial charge < -0.3 is 9.73 Å². The van der Waals surface area contributed by atoms with E-state index in [4.69, 9.17) is 4.42 Å². The van der Waals surface area contributed by atoms with Crippen molar-refractivity contribution in [3.05, 3.63) is 51.0 Å². The van der Waals surface area contributed by atoms with E-state index in [-0.39, 0.29) is 12.5 Å². The van der Waals surface area contributed by atoms with Gasteiger partial charge in [0.2, 0.25) is 0 Å². The third-order valence-electron chi connectivity index (χ3n) is 2.90. The van der Waals surface area contributed by atoms with Gasteiger partial charge in [-0.05, 0) is 71.8 Å². The minimum Gasteiger partial charge on any atom is -0.463 e. The van der Waals surface area contributed by atoms with Crippen molar-refractivity contribution >= 4 is 40.4 Å². The van der Waals surface area contributed by atoms with Crippen molar-refractivity contribution < 1.29 is 9.21 Å². The number of halogens is 1. The van der Waals surface area contributed by atoms with Crippen LogP contribution < -0.4 is 10.7 Å². The summed E-state index contributed by atoms with van der Waals surface area (Å²) >= 11 is 2.25. The third kappa shape index (κ3) is 4.59. The third-order valence-corrected chi connectivity index (χ3v) is 3.57. The second kappa shape index (κ2) is 7.26. The molecular weight excluding hydrogens is 381 g/mol. The number of nitrogens with one attached hydrogen (secondary N) is 2. The lowest BCUT2D eigenvalue weighted by Gasteiger charge is -2.08. The number of aryl methyl sites for hydroxylation is 2. The zero-order valence-corrected chi connectivity index (χ0v) is 14.0. The van der Waals surface area contributed by atoms with Crippen LogP contribution in [0.3, 0.4) is 0 Å². The molecule has 0 aliphatic rings. The van der Waals surface area contributed by atoms with E-state index >= 15 is 0 Å². The Kier molecular flexibility index (Phi) is 5.38. The number of anilines is 1. The van der Waals surface area contributed by atoms with Crippen LogP contribution in [0.15, 0.2) is 40.0 Å². The molecule has 21 heavy (non-hydrogen) atoms.